The summed E-state index contributed by atoms with van der Waals surface area (Å²) in [7, 11) is -8.43. The van der Waals surface area contributed by atoms with Crippen LogP contribution in [0.5, 0.6) is 0 Å². The molecular formula is C27H28N2O5S2. The van der Waals surface area contributed by atoms with Gasteiger partial charge >= 0.3 is 0 Å². The number of hydrogen-bond acceptors (Lipinski definition) is 6. The molecular weight excluding hydrogens is 496 g/mol. The molecule has 2 aliphatic heterocycles. The third-order valence-corrected chi connectivity index (χ3v) is 11.4. The number of sulfone groups is 2. The normalized spacial score (nSPS) is 22.8. The van der Waals surface area contributed by atoms with E-state index in [-0.39, 0.29) is 28.7 Å². The lowest BCUT2D eigenvalue weighted by Crippen LogP contribution is -2.47. The fraction of sp³-hybridized carbons (Fsp3) is 0.296. The quantitative estimate of drug-likeness (QED) is 0.485. The standard InChI is InChI=1S/C27H28N2O5S2/c1-19(2)20-13-15-21(16-14-20)25-26(35(31,32)22-9-5-3-6-10-22)27(29-24(30)17-18-28(25)29)36(33,34)23-11-7-4-8-12-23/h3-16,19,25-27H,17-18H2,1-2H3. The van der Waals surface area contributed by atoms with Gasteiger partial charge in [-0.3, -0.25) is 9.80 Å². The van der Waals surface area contributed by atoms with Crippen molar-refractivity contribution in [1.29, 1.82) is 0 Å². The molecule has 5 rings (SSSR count). The molecule has 0 bridgehead atoms. The van der Waals surface area contributed by atoms with Gasteiger partial charge in [0.2, 0.25) is 15.7 Å². The molecule has 3 aromatic carbocycles. The number of carbonyl (C=O) groups excluding carboxylic acids is 1. The lowest BCUT2D eigenvalue weighted by atomic mass is 9.97. The van der Waals surface area contributed by atoms with Crippen LogP contribution in [0.1, 0.15) is 43.4 Å². The van der Waals surface area contributed by atoms with E-state index in [1.165, 1.54) is 29.3 Å². The molecule has 2 heterocycles. The van der Waals surface area contributed by atoms with Gasteiger partial charge in [0.25, 0.3) is 0 Å². The zero-order valence-electron chi connectivity index (χ0n) is 20.1. The highest BCUT2D eigenvalue weighted by molar-refractivity contribution is 7.96. The smallest absolute Gasteiger partial charge is 0.239 e. The maximum absolute atomic E-state index is 14.2. The lowest BCUT2D eigenvalue weighted by Gasteiger charge is -2.27. The molecule has 0 N–H and O–H groups in total. The van der Waals surface area contributed by atoms with E-state index < -0.39 is 42.2 Å². The SMILES string of the molecule is CC(C)c1ccc(C2C(S(=O)(=O)c3ccccc3)C(S(=O)(=O)c3ccccc3)N3C(=O)CCN23)cc1. The van der Waals surface area contributed by atoms with Crippen LogP contribution in [-0.2, 0) is 24.5 Å². The van der Waals surface area contributed by atoms with Crippen LogP contribution in [0.2, 0.25) is 0 Å². The van der Waals surface area contributed by atoms with Gasteiger partial charge in [-0.2, -0.15) is 0 Å². The fourth-order valence-electron chi connectivity index (χ4n) is 5.19. The van der Waals surface area contributed by atoms with E-state index in [0.717, 1.165) is 5.56 Å². The van der Waals surface area contributed by atoms with E-state index in [4.69, 9.17) is 0 Å². The van der Waals surface area contributed by atoms with Gasteiger partial charge in [-0.25, -0.2) is 21.8 Å². The monoisotopic (exact) mass is 524 g/mol. The second-order valence-electron chi connectivity index (χ2n) is 9.49. The summed E-state index contributed by atoms with van der Waals surface area (Å²) < 4.78 is 56.5. The first-order valence-electron chi connectivity index (χ1n) is 11.9. The second-order valence-corrected chi connectivity index (χ2v) is 13.6. The Balaban J connectivity index is 1.75. The average molecular weight is 525 g/mol. The molecule has 0 radical (unpaired) electrons. The van der Waals surface area contributed by atoms with E-state index in [9.17, 15) is 21.6 Å². The molecule has 3 atom stereocenters. The Labute approximate surface area is 212 Å². The van der Waals surface area contributed by atoms with E-state index in [1.54, 1.807) is 41.4 Å². The molecule has 0 spiro atoms. The maximum Gasteiger partial charge on any atom is 0.239 e. The van der Waals surface area contributed by atoms with Crippen molar-refractivity contribution in [3.05, 3.63) is 96.1 Å². The van der Waals surface area contributed by atoms with Gasteiger partial charge in [0, 0.05) is 13.0 Å². The number of hydrogen-bond donors (Lipinski definition) is 0. The summed E-state index contributed by atoms with van der Waals surface area (Å²) in [6, 6.07) is 22.4. The molecule has 36 heavy (non-hydrogen) atoms. The van der Waals surface area contributed by atoms with Crippen molar-refractivity contribution in [2.45, 2.75) is 52.6 Å². The predicted molar refractivity (Wildman–Crippen MR) is 136 cm³/mol. The molecule has 9 heteroatoms. The molecule has 2 fully saturated rings. The van der Waals surface area contributed by atoms with Gasteiger partial charge in [-0.05, 0) is 41.3 Å². The van der Waals surface area contributed by atoms with E-state index in [2.05, 4.69) is 13.8 Å². The van der Waals surface area contributed by atoms with E-state index in [1.807, 2.05) is 24.3 Å². The number of fused-ring (bicyclic) bond motifs is 1. The second kappa shape index (κ2) is 9.14. The number of benzene rings is 3. The number of carbonyl (C=O) groups is 1. The van der Waals surface area contributed by atoms with Crippen LogP contribution >= 0.6 is 0 Å². The van der Waals surface area contributed by atoms with Crippen LogP contribution in [0.4, 0.5) is 0 Å². The zero-order chi connectivity index (χ0) is 25.7. The molecule has 2 saturated heterocycles. The minimum absolute atomic E-state index is 0.0151. The first-order valence-corrected chi connectivity index (χ1v) is 15.0. The Bertz CT molecular complexity index is 1470. The molecule has 2 aliphatic rings. The van der Waals surface area contributed by atoms with Crippen LogP contribution in [0.25, 0.3) is 0 Å². The molecule has 1 amide bonds. The topological polar surface area (TPSA) is 91.8 Å². The molecule has 3 aromatic rings. The van der Waals surface area contributed by atoms with Crippen molar-refractivity contribution in [2.24, 2.45) is 0 Å². The summed E-state index contributed by atoms with van der Waals surface area (Å²) in [4.78, 5) is 13.1. The van der Waals surface area contributed by atoms with Crippen LogP contribution in [0.15, 0.2) is 94.7 Å². The highest BCUT2D eigenvalue weighted by Crippen LogP contribution is 2.48. The Kier molecular flexibility index (Phi) is 6.26. The van der Waals surface area contributed by atoms with E-state index >= 15 is 0 Å². The molecule has 0 saturated carbocycles. The van der Waals surface area contributed by atoms with Crippen molar-refractivity contribution >= 4 is 25.6 Å². The first kappa shape index (κ1) is 24.7. The van der Waals surface area contributed by atoms with Crippen LogP contribution in [0.3, 0.4) is 0 Å². The Morgan fingerprint density at radius 1 is 0.750 bits per heavy atom. The van der Waals surface area contributed by atoms with Crippen LogP contribution in [0, 0.1) is 0 Å². The minimum Gasteiger partial charge on any atom is -0.273 e. The number of amides is 1. The lowest BCUT2D eigenvalue weighted by molar-refractivity contribution is -0.136. The molecule has 7 nitrogen and oxygen atoms in total. The number of nitrogens with zero attached hydrogens (tertiary/aromatic N) is 2. The van der Waals surface area contributed by atoms with Crippen LogP contribution < -0.4 is 0 Å². The summed E-state index contributed by atoms with van der Waals surface area (Å²) in [5, 5.41) is -0.175. The largest absolute Gasteiger partial charge is 0.273 e. The highest BCUT2D eigenvalue weighted by Gasteiger charge is 2.62. The van der Waals surface area contributed by atoms with Crippen molar-refractivity contribution < 1.29 is 21.6 Å². The summed E-state index contributed by atoms with van der Waals surface area (Å²) in [5.74, 6) is -0.114. The molecule has 188 valence electrons. The highest BCUT2D eigenvalue weighted by atomic mass is 32.2. The predicted octanol–water partition coefficient (Wildman–Crippen LogP) is 3.96. The van der Waals surface area contributed by atoms with Crippen molar-refractivity contribution in [1.82, 2.24) is 10.0 Å². The van der Waals surface area contributed by atoms with Gasteiger partial charge in [-0.15, -0.1) is 0 Å². The first-order chi connectivity index (χ1) is 17.1. The maximum atomic E-state index is 14.2. The Hall–Kier alpha value is -3.01. The number of hydrazine groups is 1. The fourth-order valence-corrected chi connectivity index (χ4v) is 9.80. The Morgan fingerprint density at radius 2 is 1.28 bits per heavy atom. The summed E-state index contributed by atoms with van der Waals surface area (Å²) in [6.07, 6.45) is 0.124. The van der Waals surface area contributed by atoms with Gasteiger partial charge in [0.15, 0.2) is 15.2 Å². The van der Waals surface area contributed by atoms with Gasteiger partial charge in [0.05, 0.1) is 15.8 Å². The third kappa shape index (κ3) is 3.95. The zero-order valence-corrected chi connectivity index (χ0v) is 21.7. The number of rotatable bonds is 6. The summed E-state index contributed by atoms with van der Waals surface area (Å²) >= 11 is 0. The minimum atomic E-state index is -4.24. The third-order valence-electron chi connectivity index (χ3n) is 7.01. The molecule has 3 unspecified atom stereocenters. The van der Waals surface area contributed by atoms with Gasteiger partial charge < -0.3 is 0 Å². The average Bonchev–Trinajstić information content (AvgIpc) is 3.43. The molecule has 0 aliphatic carbocycles. The van der Waals surface area contributed by atoms with Gasteiger partial charge in [0.1, 0.15) is 5.25 Å². The summed E-state index contributed by atoms with van der Waals surface area (Å²) in [6.45, 7) is 4.38. The van der Waals surface area contributed by atoms with Crippen molar-refractivity contribution in [2.75, 3.05) is 6.54 Å². The van der Waals surface area contributed by atoms with Crippen LogP contribution in [-0.4, -0.2) is 49.9 Å². The summed E-state index contributed by atoms with van der Waals surface area (Å²) in [5.41, 5.74) is 1.75. The Morgan fingerprint density at radius 3 is 1.81 bits per heavy atom. The molecule has 0 aromatic heterocycles. The van der Waals surface area contributed by atoms with E-state index in [0.29, 0.717) is 5.56 Å². The van der Waals surface area contributed by atoms with Crippen molar-refractivity contribution in [3.8, 4) is 0 Å². The van der Waals surface area contributed by atoms with Crippen molar-refractivity contribution in [3.63, 3.8) is 0 Å². The van der Waals surface area contributed by atoms with Gasteiger partial charge in [-0.1, -0.05) is 74.5 Å².